The van der Waals surface area contributed by atoms with E-state index in [2.05, 4.69) is 9.47 Å². The second kappa shape index (κ2) is 7.84. The number of amides is 1. The molecule has 1 heterocycles. The van der Waals surface area contributed by atoms with E-state index in [1.165, 1.54) is 17.0 Å². The number of likely N-dealkylation sites (N-methyl/N-ethyl adjacent to an activating group) is 1. The van der Waals surface area contributed by atoms with Gasteiger partial charge in [-0.15, -0.1) is 0 Å². The summed E-state index contributed by atoms with van der Waals surface area (Å²) >= 11 is 6.07. The number of thiocarbonyl (C=S) groups is 1. The second-order valence-corrected chi connectivity index (χ2v) is 6.06. The van der Waals surface area contributed by atoms with Gasteiger partial charge in [0, 0.05) is 18.2 Å². The number of benzene rings is 1. The van der Waals surface area contributed by atoms with Gasteiger partial charge in [0.25, 0.3) is 5.91 Å². The fourth-order valence-electron chi connectivity index (χ4n) is 1.92. The van der Waals surface area contributed by atoms with Gasteiger partial charge >= 0.3 is 13.2 Å². The molecule has 4 nitrogen and oxygen atoms in total. The minimum absolute atomic E-state index is 0.119. The fourth-order valence-corrected chi connectivity index (χ4v) is 3.30. The number of carbonyl (C=O) groups excluding carboxylic acids is 1. The number of nitrogens with zero attached hydrogens (tertiary/aromatic N) is 1. The Hall–Kier alpha value is -1.81. The van der Waals surface area contributed by atoms with Crippen LogP contribution in [0.4, 0.5) is 17.6 Å². The van der Waals surface area contributed by atoms with Crippen molar-refractivity contribution in [1.29, 1.82) is 0 Å². The van der Waals surface area contributed by atoms with E-state index in [1.807, 2.05) is 0 Å². The zero-order chi connectivity index (χ0) is 17.9. The van der Waals surface area contributed by atoms with Gasteiger partial charge in [-0.25, -0.2) is 0 Å². The molecule has 0 unspecified atom stereocenters. The normalized spacial score (nSPS) is 16.6. The van der Waals surface area contributed by atoms with Crippen LogP contribution in [0.25, 0.3) is 6.08 Å². The van der Waals surface area contributed by atoms with E-state index in [-0.39, 0.29) is 27.9 Å². The summed E-state index contributed by atoms with van der Waals surface area (Å²) in [5.41, 5.74) is 0.119. The first-order valence-electron chi connectivity index (χ1n) is 6.60. The number of hydrogen-bond donors (Lipinski definition) is 0. The number of thioether (sulfide) groups is 1. The highest BCUT2D eigenvalue weighted by Gasteiger charge is 2.31. The van der Waals surface area contributed by atoms with Gasteiger partial charge in [-0.05, 0) is 25.1 Å². The highest BCUT2D eigenvalue weighted by atomic mass is 32.2. The van der Waals surface area contributed by atoms with Gasteiger partial charge < -0.3 is 9.47 Å². The number of halogens is 4. The monoisotopic (exact) mass is 381 g/mol. The van der Waals surface area contributed by atoms with Gasteiger partial charge in [0.05, 0.1) is 4.91 Å². The van der Waals surface area contributed by atoms with Crippen molar-refractivity contribution in [3.8, 4) is 11.5 Å². The topological polar surface area (TPSA) is 38.8 Å². The van der Waals surface area contributed by atoms with Crippen LogP contribution in [0.3, 0.4) is 0 Å². The second-order valence-electron chi connectivity index (χ2n) is 4.38. The molecule has 130 valence electrons. The molecule has 0 aliphatic carbocycles. The lowest BCUT2D eigenvalue weighted by Crippen LogP contribution is -2.27. The molecule has 0 saturated carbocycles. The molecule has 1 aliphatic rings. The zero-order valence-electron chi connectivity index (χ0n) is 12.2. The molecule has 0 radical (unpaired) electrons. The maximum absolute atomic E-state index is 12.5. The summed E-state index contributed by atoms with van der Waals surface area (Å²) in [6.07, 6.45) is 1.32. The zero-order valence-corrected chi connectivity index (χ0v) is 13.8. The molecule has 1 aromatic carbocycles. The molecule has 1 amide bonds. The molecular formula is C14H11F4NO3S2. The lowest BCUT2D eigenvalue weighted by atomic mass is 10.1. The van der Waals surface area contributed by atoms with Gasteiger partial charge in [0.15, 0.2) is 0 Å². The number of carbonyl (C=O) groups is 1. The summed E-state index contributed by atoms with van der Waals surface area (Å²) in [6.45, 7) is -4.14. The Morgan fingerprint density at radius 1 is 1.25 bits per heavy atom. The number of rotatable bonds is 6. The van der Waals surface area contributed by atoms with E-state index >= 15 is 0 Å². The van der Waals surface area contributed by atoms with Crippen molar-refractivity contribution in [2.75, 3.05) is 6.54 Å². The van der Waals surface area contributed by atoms with Crippen molar-refractivity contribution in [2.45, 2.75) is 20.1 Å². The molecule has 10 heteroatoms. The Labute approximate surface area is 144 Å². The predicted molar refractivity (Wildman–Crippen MR) is 85.3 cm³/mol. The first-order chi connectivity index (χ1) is 11.3. The van der Waals surface area contributed by atoms with Crippen LogP contribution in [-0.4, -0.2) is 34.9 Å². The maximum Gasteiger partial charge on any atom is 0.387 e. The number of alkyl halides is 4. The standard InChI is InChI=1S/C14H11F4NO3S2/c1-2-19-11(20)10(24-14(19)23)5-7-3-4-8(21-12(15)16)6-9(7)22-13(17)18/h3-6,12-13H,2H2,1H3. The molecule has 1 fully saturated rings. The summed E-state index contributed by atoms with van der Waals surface area (Å²) in [7, 11) is 0. The third-order valence-corrected chi connectivity index (χ3v) is 4.28. The van der Waals surface area contributed by atoms with Crippen LogP contribution in [-0.2, 0) is 4.79 Å². The third kappa shape index (κ3) is 4.38. The summed E-state index contributed by atoms with van der Waals surface area (Å²) in [5, 5.41) is 0. The largest absolute Gasteiger partial charge is 0.435 e. The Bertz CT molecular complexity index is 682. The summed E-state index contributed by atoms with van der Waals surface area (Å²) in [5.74, 6) is -1.08. The third-order valence-electron chi connectivity index (χ3n) is 2.90. The highest BCUT2D eigenvalue weighted by molar-refractivity contribution is 8.26. The van der Waals surface area contributed by atoms with E-state index in [1.54, 1.807) is 6.92 Å². The van der Waals surface area contributed by atoms with Gasteiger partial charge in [0.2, 0.25) is 0 Å². The molecule has 1 aliphatic heterocycles. The van der Waals surface area contributed by atoms with Gasteiger partial charge in [0.1, 0.15) is 15.8 Å². The minimum Gasteiger partial charge on any atom is -0.435 e. The average Bonchev–Trinajstić information content (AvgIpc) is 2.74. The van der Waals surface area contributed by atoms with E-state index in [0.29, 0.717) is 10.9 Å². The van der Waals surface area contributed by atoms with E-state index < -0.39 is 13.2 Å². The Balaban J connectivity index is 2.37. The Kier molecular flexibility index (Phi) is 6.05. The van der Waals surface area contributed by atoms with Crippen LogP contribution in [0.2, 0.25) is 0 Å². The Morgan fingerprint density at radius 3 is 2.46 bits per heavy atom. The quantitative estimate of drug-likeness (QED) is 0.421. The van der Waals surface area contributed by atoms with Crippen LogP contribution in [0.15, 0.2) is 23.1 Å². The van der Waals surface area contributed by atoms with Gasteiger partial charge in [-0.3, -0.25) is 9.69 Å². The van der Waals surface area contributed by atoms with Gasteiger partial charge in [-0.1, -0.05) is 24.0 Å². The molecule has 2 rings (SSSR count). The summed E-state index contributed by atoms with van der Waals surface area (Å²) in [4.78, 5) is 13.7. The van der Waals surface area contributed by atoms with Crippen molar-refractivity contribution in [2.24, 2.45) is 0 Å². The molecule has 0 spiro atoms. The van der Waals surface area contributed by atoms with Crippen LogP contribution in [0.5, 0.6) is 11.5 Å². The molecular weight excluding hydrogens is 370 g/mol. The molecule has 24 heavy (non-hydrogen) atoms. The van der Waals surface area contributed by atoms with Crippen molar-refractivity contribution in [1.82, 2.24) is 4.90 Å². The van der Waals surface area contributed by atoms with Crippen molar-refractivity contribution < 1.29 is 31.8 Å². The smallest absolute Gasteiger partial charge is 0.387 e. The maximum atomic E-state index is 12.5. The molecule has 0 bridgehead atoms. The van der Waals surface area contributed by atoms with Crippen LogP contribution in [0.1, 0.15) is 12.5 Å². The van der Waals surface area contributed by atoms with E-state index in [9.17, 15) is 22.4 Å². The van der Waals surface area contributed by atoms with Gasteiger partial charge in [-0.2, -0.15) is 17.6 Å². The van der Waals surface area contributed by atoms with Crippen molar-refractivity contribution in [3.05, 3.63) is 28.7 Å². The fraction of sp³-hybridized carbons (Fsp3) is 0.286. The molecule has 1 aromatic rings. The molecule has 0 aromatic heterocycles. The summed E-state index contributed by atoms with van der Waals surface area (Å²) in [6, 6.07) is 3.32. The first-order valence-corrected chi connectivity index (χ1v) is 7.83. The SMILES string of the molecule is CCN1C(=O)C(=Cc2ccc(OC(F)F)cc2OC(F)F)SC1=S. The van der Waals surface area contributed by atoms with Crippen molar-refractivity contribution >= 4 is 40.3 Å². The van der Waals surface area contributed by atoms with Crippen LogP contribution >= 0.6 is 24.0 Å². The lowest BCUT2D eigenvalue weighted by Gasteiger charge is -2.12. The number of ether oxygens (including phenoxy) is 2. The first kappa shape index (κ1) is 18.5. The summed E-state index contributed by atoms with van der Waals surface area (Å²) < 4.78 is 58.3. The van der Waals surface area contributed by atoms with Crippen molar-refractivity contribution in [3.63, 3.8) is 0 Å². The molecule has 0 N–H and O–H groups in total. The van der Waals surface area contributed by atoms with Crippen LogP contribution < -0.4 is 9.47 Å². The van der Waals surface area contributed by atoms with E-state index in [4.69, 9.17) is 12.2 Å². The minimum atomic E-state index is -3.16. The molecule has 1 saturated heterocycles. The Morgan fingerprint density at radius 2 is 1.92 bits per heavy atom. The van der Waals surface area contributed by atoms with Crippen LogP contribution in [0, 0.1) is 0 Å². The van der Waals surface area contributed by atoms with E-state index in [0.717, 1.165) is 23.9 Å². The number of hydrogen-bond acceptors (Lipinski definition) is 5. The average molecular weight is 381 g/mol. The predicted octanol–water partition coefficient (Wildman–Crippen LogP) is 4.11. The molecule has 0 atom stereocenters. The lowest BCUT2D eigenvalue weighted by molar-refractivity contribution is -0.122. The highest BCUT2D eigenvalue weighted by Crippen LogP contribution is 2.35.